The Kier molecular flexibility index (Phi) is 22.8. The van der Waals surface area contributed by atoms with E-state index in [1.165, 1.54) is 0 Å². The quantitative estimate of drug-likeness (QED) is 0.231. The van der Waals surface area contributed by atoms with Crippen LogP contribution in [0.25, 0.3) is 0 Å². The number of aliphatic hydroxyl groups excluding tert-OH is 3. The summed E-state index contributed by atoms with van der Waals surface area (Å²) in [5.41, 5.74) is -0.708. The predicted octanol–water partition coefficient (Wildman–Crippen LogP) is -0.178. The second kappa shape index (κ2) is 18.4. The fourth-order valence-electron chi connectivity index (χ4n) is 0.924. The van der Waals surface area contributed by atoms with Crippen LogP contribution in [-0.2, 0) is 30.4 Å². The van der Waals surface area contributed by atoms with E-state index < -0.39 is 35.8 Å². The van der Waals surface area contributed by atoms with Crippen LogP contribution in [0.2, 0.25) is 0 Å². The Morgan fingerprint density at radius 2 is 0.724 bits per heavy atom. The molecular formula is C14H36O12S3. The third-order valence-corrected chi connectivity index (χ3v) is 5.30. The van der Waals surface area contributed by atoms with Gasteiger partial charge in [-0.3, -0.25) is 13.7 Å². The van der Waals surface area contributed by atoms with Gasteiger partial charge in [0.05, 0.1) is 37.1 Å². The van der Waals surface area contributed by atoms with Gasteiger partial charge in [0.25, 0.3) is 30.4 Å². The van der Waals surface area contributed by atoms with E-state index in [0.29, 0.717) is 19.3 Å². The standard InChI is InChI=1S/C5H12O3.3C3H8O3S/c1-5(2-6,3-7)4-8;3*1-2-3-7(4,5)6/h6-8H,2-4H2,1H3;3*2-3H2,1H3,(H,4,5,6). The van der Waals surface area contributed by atoms with Crippen LogP contribution in [-0.4, -0.2) is 91.3 Å². The zero-order valence-corrected chi connectivity index (χ0v) is 19.7. The van der Waals surface area contributed by atoms with Gasteiger partial charge in [0.2, 0.25) is 0 Å². The Hall–Kier alpha value is -0.390. The molecule has 0 aromatic heterocycles. The van der Waals surface area contributed by atoms with Crippen LogP contribution in [0, 0.1) is 5.41 Å². The fourth-order valence-corrected chi connectivity index (χ4v) is 2.47. The molecule has 6 N–H and O–H groups in total. The zero-order chi connectivity index (χ0) is 24.4. The first-order valence-corrected chi connectivity index (χ1v) is 13.4. The monoisotopic (exact) mass is 492 g/mol. The van der Waals surface area contributed by atoms with Crippen molar-refractivity contribution < 1.29 is 54.2 Å². The van der Waals surface area contributed by atoms with Crippen molar-refractivity contribution in [1.29, 1.82) is 0 Å². The first-order valence-electron chi connectivity index (χ1n) is 8.54. The molecular weight excluding hydrogens is 456 g/mol. The van der Waals surface area contributed by atoms with Crippen molar-refractivity contribution in [1.82, 2.24) is 0 Å². The summed E-state index contributed by atoms with van der Waals surface area (Å²) < 4.78 is 82.7. The lowest BCUT2D eigenvalue weighted by Crippen LogP contribution is -2.29. The van der Waals surface area contributed by atoms with Gasteiger partial charge in [-0.2, -0.15) is 25.3 Å². The zero-order valence-electron chi connectivity index (χ0n) is 17.2. The molecule has 0 heterocycles. The Morgan fingerprint density at radius 1 is 0.552 bits per heavy atom. The van der Waals surface area contributed by atoms with E-state index in [1.807, 2.05) is 0 Å². The Labute approximate surface area is 174 Å². The van der Waals surface area contributed by atoms with E-state index in [4.69, 9.17) is 29.0 Å². The second-order valence-corrected chi connectivity index (χ2v) is 10.9. The Morgan fingerprint density at radius 3 is 0.724 bits per heavy atom. The van der Waals surface area contributed by atoms with Crippen LogP contribution >= 0.6 is 0 Å². The number of hydrogen-bond donors (Lipinski definition) is 6. The van der Waals surface area contributed by atoms with E-state index in [-0.39, 0.29) is 37.1 Å². The summed E-state index contributed by atoms with van der Waals surface area (Å²) >= 11 is 0. The van der Waals surface area contributed by atoms with Gasteiger partial charge in [-0.05, 0) is 19.3 Å². The fraction of sp³-hybridized carbons (Fsp3) is 1.00. The smallest absolute Gasteiger partial charge is 0.264 e. The summed E-state index contributed by atoms with van der Waals surface area (Å²) in [7, 11) is -11.0. The molecule has 0 saturated carbocycles. The van der Waals surface area contributed by atoms with Crippen LogP contribution in [0.15, 0.2) is 0 Å². The molecule has 0 bridgehead atoms. The van der Waals surface area contributed by atoms with E-state index in [9.17, 15) is 25.3 Å². The highest BCUT2D eigenvalue weighted by Crippen LogP contribution is 2.10. The number of aliphatic hydroxyl groups is 3. The van der Waals surface area contributed by atoms with Crippen molar-refractivity contribution in [3.05, 3.63) is 0 Å². The first-order chi connectivity index (χ1) is 12.9. The number of hydrogen-bond acceptors (Lipinski definition) is 9. The lowest BCUT2D eigenvalue weighted by molar-refractivity contribution is 0.0200. The van der Waals surface area contributed by atoms with Gasteiger partial charge in [-0.1, -0.05) is 27.7 Å². The highest BCUT2D eigenvalue weighted by molar-refractivity contribution is 7.86. The minimum Gasteiger partial charge on any atom is -0.396 e. The Balaban J connectivity index is -0.000000144. The largest absolute Gasteiger partial charge is 0.396 e. The molecule has 15 heteroatoms. The van der Waals surface area contributed by atoms with Gasteiger partial charge in [0, 0.05) is 5.41 Å². The molecule has 0 amide bonds. The normalized spacial score (nSPS) is 11.8. The van der Waals surface area contributed by atoms with Crippen LogP contribution in [0.3, 0.4) is 0 Å². The maximum Gasteiger partial charge on any atom is 0.264 e. The van der Waals surface area contributed by atoms with Crippen molar-refractivity contribution in [3.63, 3.8) is 0 Å². The molecule has 0 aromatic carbocycles. The van der Waals surface area contributed by atoms with Crippen LogP contribution in [0.1, 0.15) is 47.0 Å². The summed E-state index contributed by atoms with van der Waals surface area (Å²) in [6, 6.07) is 0. The molecule has 182 valence electrons. The maximum atomic E-state index is 9.79. The molecule has 12 nitrogen and oxygen atoms in total. The summed E-state index contributed by atoms with van der Waals surface area (Å²) in [4.78, 5) is 0. The van der Waals surface area contributed by atoms with E-state index >= 15 is 0 Å². The SMILES string of the molecule is CC(CO)(CO)CO.CCCS(=O)(=O)O.CCCS(=O)(=O)O.CCCS(=O)(=O)O. The van der Waals surface area contributed by atoms with Crippen molar-refractivity contribution in [2.24, 2.45) is 5.41 Å². The first kappa shape index (κ1) is 36.0. The minimum absolute atomic E-state index is 0.132. The number of rotatable bonds is 9. The molecule has 0 atom stereocenters. The van der Waals surface area contributed by atoms with E-state index in [2.05, 4.69) is 0 Å². The predicted molar refractivity (Wildman–Crippen MR) is 109 cm³/mol. The van der Waals surface area contributed by atoms with Gasteiger partial charge < -0.3 is 15.3 Å². The lowest BCUT2D eigenvalue weighted by atomic mass is 9.95. The van der Waals surface area contributed by atoms with Crippen molar-refractivity contribution in [2.75, 3.05) is 37.1 Å². The second-order valence-electron chi connectivity index (χ2n) is 6.14. The van der Waals surface area contributed by atoms with Gasteiger partial charge in [-0.15, -0.1) is 0 Å². The molecule has 0 spiro atoms. The summed E-state index contributed by atoms with van der Waals surface area (Å²) in [5.74, 6) is -0.396. The average molecular weight is 493 g/mol. The summed E-state index contributed by atoms with van der Waals surface area (Å²) in [6.07, 6.45) is 1.41. The van der Waals surface area contributed by atoms with Crippen molar-refractivity contribution in [3.8, 4) is 0 Å². The van der Waals surface area contributed by atoms with Gasteiger partial charge >= 0.3 is 0 Å². The van der Waals surface area contributed by atoms with Crippen LogP contribution in [0.5, 0.6) is 0 Å². The molecule has 0 aliphatic heterocycles. The van der Waals surface area contributed by atoms with Gasteiger partial charge in [0.15, 0.2) is 0 Å². The topological polar surface area (TPSA) is 224 Å². The highest BCUT2D eigenvalue weighted by Gasteiger charge is 2.20. The molecule has 0 unspecified atom stereocenters. The average Bonchev–Trinajstić information content (AvgIpc) is 2.52. The van der Waals surface area contributed by atoms with Crippen molar-refractivity contribution >= 4 is 30.4 Å². The minimum atomic E-state index is -3.67. The molecule has 0 radical (unpaired) electrons. The van der Waals surface area contributed by atoms with Gasteiger partial charge in [-0.25, -0.2) is 0 Å². The summed E-state index contributed by atoms with van der Waals surface area (Å²) in [6.45, 7) is 6.13. The van der Waals surface area contributed by atoms with Crippen LogP contribution in [0.4, 0.5) is 0 Å². The van der Waals surface area contributed by atoms with Crippen LogP contribution < -0.4 is 0 Å². The lowest BCUT2D eigenvalue weighted by Gasteiger charge is -2.20. The summed E-state index contributed by atoms with van der Waals surface area (Å²) in [5, 5.41) is 25.4. The van der Waals surface area contributed by atoms with Gasteiger partial charge in [0.1, 0.15) is 0 Å². The molecule has 0 aliphatic rings. The highest BCUT2D eigenvalue weighted by atomic mass is 32.2. The van der Waals surface area contributed by atoms with E-state index in [1.54, 1.807) is 27.7 Å². The Bertz CT molecular complexity index is 576. The maximum absolute atomic E-state index is 9.79. The molecule has 0 aromatic rings. The molecule has 0 fully saturated rings. The molecule has 0 rings (SSSR count). The molecule has 0 saturated heterocycles. The molecule has 0 aliphatic carbocycles. The molecule has 29 heavy (non-hydrogen) atoms. The van der Waals surface area contributed by atoms with Crippen molar-refractivity contribution in [2.45, 2.75) is 47.0 Å². The third kappa shape index (κ3) is 42.6. The third-order valence-electron chi connectivity index (χ3n) is 2.53. The van der Waals surface area contributed by atoms with E-state index in [0.717, 1.165) is 0 Å².